The van der Waals surface area contributed by atoms with Crippen molar-refractivity contribution >= 4 is 11.4 Å². The van der Waals surface area contributed by atoms with E-state index in [1.54, 1.807) is 0 Å². The Bertz CT molecular complexity index is 769. The fourth-order valence-corrected chi connectivity index (χ4v) is 3.93. The van der Waals surface area contributed by atoms with E-state index in [1.165, 1.54) is 11.1 Å². The van der Waals surface area contributed by atoms with Gasteiger partial charge in [0.15, 0.2) is 0 Å². The highest BCUT2D eigenvalue weighted by molar-refractivity contribution is 5.42. The van der Waals surface area contributed by atoms with Crippen molar-refractivity contribution in [3.63, 3.8) is 0 Å². The summed E-state index contributed by atoms with van der Waals surface area (Å²) in [5.74, 6) is 0. The summed E-state index contributed by atoms with van der Waals surface area (Å²) in [6.07, 6.45) is 0. The molecule has 0 radical (unpaired) electrons. The number of benzene rings is 2. The van der Waals surface area contributed by atoms with Gasteiger partial charge in [0.25, 0.3) is 0 Å². The number of nitrogens with zero attached hydrogens (tertiary/aromatic N) is 4. The molecule has 2 aromatic rings. The lowest BCUT2D eigenvalue weighted by atomic mass is 10.2. The summed E-state index contributed by atoms with van der Waals surface area (Å²) >= 11 is 0. The zero-order valence-electron chi connectivity index (χ0n) is 19.9. The molecule has 8 heteroatoms. The Hall–Kier alpha value is -2.20. The Kier molecular flexibility index (Phi) is 10.4. The van der Waals surface area contributed by atoms with E-state index < -0.39 is 0 Å². The first kappa shape index (κ1) is 24.9. The Balaban J connectivity index is 1.54. The summed E-state index contributed by atoms with van der Waals surface area (Å²) in [6.45, 7) is 10.1. The molecule has 10 rings (SSSR count). The fourth-order valence-electron chi connectivity index (χ4n) is 3.93. The molecule has 0 aromatic heterocycles. The average molecular weight is 469 g/mol. The first-order valence-corrected chi connectivity index (χ1v) is 12.2. The maximum Gasteiger partial charge on any atom is 0.0857 e. The van der Waals surface area contributed by atoms with Gasteiger partial charge in [0.2, 0.25) is 0 Å². The summed E-state index contributed by atoms with van der Waals surface area (Å²) < 4.78 is 23.4. The molecule has 6 bridgehead atoms. The number of azo groups is 1. The second kappa shape index (κ2) is 14.3. The smallest absolute Gasteiger partial charge is 0.0857 e. The molecule has 8 nitrogen and oxygen atoms in total. The SMILES string of the molecule is c1cc2ccc1CN1CCOCCOCCN(CCOCCOCC1)Cc1ccc(cc1)N=N2. The quantitative estimate of drug-likeness (QED) is 0.586. The van der Waals surface area contributed by atoms with Gasteiger partial charge in [-0.2, -0.15) is 10.2 Å². The summed E-state index contributed by atoms with van der Waals surface area (Å²) in [6, 6.07) is 16.5. The molecule has 2 aromatic carbocycles. The van der Waals surface area contributed by atoms with Crippen molar-refractivity contribution in [1.82, 2.24) is 9.80 Å². The molecule has 0 atom stereocenters. The second-order valence-corrected chi connectivity index (χ2v) is 8.53. The maximum absolute atomic E-state index is 5.84. The summed E-state index contributed by atoms with van der Waals surface area (Å²) in [5, 5.41) is 8.82. The van der Waals surface area contributed by atoms with Crippen LogP contribution in [0.2, 0.25) is 0 Å². The van der Waals surface area contributed by atoms with Crippen LogP contribution in [0.3, 0.4) is 0 Å². The van der Waals surface area contributed by atoms with Crippen LogP contribution in [-0.4, -0.2) is 88.8 Å². The van der Waals surface area contributed by atoms with Gasteiger partial charge in [0, 0.05) is 39.3 Å². The zero-order valence-corrected chi connectivity index (χ0v) is 19.9. The van der Waals surface area contributed by atoms with E-state index in [2.05, 4.69) is 44.3 Å². The monoisotopic (exact) mass is 468 g/mol. The third-order valence-corrected chi connectivity index (χ3v) is 5.92. The number of hydrogen-bond acceptors (Lipinski definition) is 8. The van der Waals surface area contributed by atoms with Crippen molar-refractivity contribution < 1.29 is 18.9 Å². The van der Waals surface area contributed by atoms with Crippen LogP contribution in [-0.2, 0) is 32.0 Å². The molecule has 8 heterocycles. The fraction of sp³-hybridized carbons (Fsp3) is 0.538. The van der Waals surface area contributed by atoms with Gasteiger partial charge in [-0.15, -0.1) is 0 Å². The zero-order chi connectivity index (χ0) is 23.3. The molecule has 0 unspecified atom stereocenters. The highest BCUT2D eigenvalue weighted by atomic mass is 16.5. The second-order valence-electron chi connectivity index (χ2n) is 8.53. The summed E-state index contributed by atoms with van der Waals surface area (Å²) in [4.78, 5) is 4.71. The first-order chi connectivity index (χ1) is 16.8. The van der Waals surface area contributed by atoms with Crippen LogP contribution in [0.15, 0.2) is 58.8 Å². The van der Waals surface area contributed by atoms with Crippen LogP contribution in [0.5, 0.6) is 0 Å². The molecule has 0 aliphatic carbocycles. The summed E-state index contributed by atoms with van der Waals surface area (Å²) in [5.41, 5.74) is 4.15. The van der Waals surface area contributed by atoms with E-state index in [0.717, 1.165) is 50.6 Å². The van der Waals surface area contributed by atoms with Crippen molar-refractivity contribution in [2.75, 3.05) is 79.0 Å². The Labute approximate surface area is 202 Å². The number of rotatable bonds is 0. The van der Waals surface area contributed by atoms with E-state index >= 15 is 0 Å². The van der Waals surface area contributed by atoms with Gasteiger partial charge in [-0.1, -0.05) is 24.3 Å². The molecule has 0 amide bonds. The average Bonchev–Trinajstić information content (AvgIpc) is 2.86. The minimum absolute atomic E-state index is 0.606. The van der Waals surface area contributed by atoms with Gasteiger partial charge in [0.05, 0.1) is 64.2 Å². The molecule has 8 aliphatic heterocycles. The van der Waals surface area contributed by atoms with E-state index in [-0.39, 0.29) is 0 Å². The molecule has 0 spiro atoms. The normalized spacial score (nSPS) is 24.0. The van der Waals surface area contributed by atoms with E-state index in [0.29, 0.717) is 52.9 Å². The lowest BCUT2D eigenvalue weighted by Gasteiger charge is -2.24. The molecule has 8 aliphatic rings. The van der Waals surface area contributed by atoms with Crippen LogP contribution in [0, 0.1) is 0 Å². The van der Waals surface area contributed by atoms with Gasteiger partial charge in [-0.25, -0.2) is 0 Å². The Morgan fingerprint density at radius 2 is 0.765 bits per heavy atom. The van der Waals surface area contributed by atoms with Crippen LogP contribution in [0.25, 0.3) is 0 Å². The minimum Gasteiger partial charge on any atom is -0.378 e. The molecule has 34 heavy (non-hydrogen) atoms. The van der Waals surface area contributed by atoms with Crippen LogP contribution in [0.1, 0.15) is 11.1 Å². The third-order valence-electron chi connectivity index (χ3n) is 5.92. The highest BCUT2D eigenvalue weighted by Gasteiger charge is 2.10. The van der Waals surface area contributed by atoms with Crippen molar-refractivity contribution in [1.29, 1.82) is 0 Å². The van der Waals surface area contributed by atoms with Crippen molar-refractivity contribution in [3.05, 3.63) is 59.7 Å². The highest BCUT2D eigenvalue weighted by Crippen LogP contribution is 2.20. The molecular formula is C26H36N4O4. The van der Waals surface area contributed by atoms with Gasteiger partial charge in [-0.05, 0) is 35.4 Å². The molecule has 184 valence electrons. The lowest BCUT2D eigenvalue weighted by molar-refractivity contribution is 0.00624. The van der Waals surface area contributed by atoms with Gasteiger partial charge >= 0.3 is 0 Å². The Morgan fingerprint density at radius 1 is 0.441 bits per heavy atom. The van der Waals surface area contributed by atoms with Crippen LogP contribution in [0.4, 0.5) is 11.4 Å². The predicted octanol–water partition coefficient (Wildman–Crippen LogP) is 3.80. The first-order valence-electron chi connectivity index (χ1n) is 12.2. The molecular weight excluding hydrogens is 432 g/mol. The van der Waals surface area contributed by atoms with E-state index in [1.807, 2.05) is 24.3 Å². The lowest BCUT2D eigenvalue weighted by Crippen LogP contribution is -2.32. The van der Waals surface area contributed by atoms with Crippen molar-refractivity contribution in [3.8, 4) is 0 Å². The van der Waals surface area contributed by atoms with Crippen molar-refractivity contribution in [2.45, 2.75) is 13.1 Å². The van der Waals surface area contributed by atoms with Gasteiger partial charge in [-0.3, -0.25) is 9.80 Å². The van der Waals surface area contributed by atoms with Crippen LogP contribution >= 0.6 is 0 Å². The number of ether oxygens (including phenoxy) is 4. The van der Waals surface area contributed by atoms with E-state index in [9.17, 15) is 0 Å². The molecule has 1 fully saturated rings. The van der Waals surface area contributed by atoms with E-state index in [4.69, 9.17) is 18.9 Å². The molecule has 0 N–H and O–H groups in total. The summed E-state index contributed by atoms with van der Waals surface area (Å²) in [7, 11) is 0. The third kappa shape index (κ3) is 8.87. The number of hydrogen-bond donors (Lipinski definition) is 0. The van der Waals surface area contributed by atoms with Gasteiger partial charge < -0.3 is 18.9 Å². The molecule has 1 saturated heterocycles. The standard InChI is InChI=1S/C26H36N4O4/c1-5-25-6-2-23(1)21-29-9-13-31-17-19-33-15-11-30(12-16-34-20-18-32-14-10-29)22-24-3-7-26(8-4-24)28-27-25/h1-8H,9-22H2. The largest absolute Gasteiger partial charge is 0.378 e. The topological polar surface area (TPSA) is 68.1 Å². The van der Waals surface area contributed by atoms with Gasteiger partial charge in [0.1, 0.15) is 0 Å². The van der Waals surface area contributed by atoms with Crippen molar-refractivity contribution in [2.24, 2.45) is 10.2 Å². The Morgan fingerprint density at radius 3 is 1.09 bits per heavy atom. The minimum atomic E-state index is 0.606. The van der Waals surface area contributed by atoms with Crippen LogP contribution < -0.4 is 0 Å². The predicted molar refractivity (Wildman–Crippen MR) is 131 cm³/mol. The maximum atomic E-state index is 5.84. The molecule has 0 saturated carbocycles.